The van der Waals surface area contributed by atoms with Gasteiger partial charge in [-0.05, 0) is 49.2 Å². The van der Waals surface area contributed by atoms with Gasteiger partial charge in [0.05, 0.1) is 6.42 Å². The number of hydrogen-bond donors (Lipinski definition) is 2. The number of nitrogens with two attached hydrogens (primary N) is 1. The molecule has 0 unspecified atom stereocenters. The van der Waals surface area contributed by atoms with Crippen molar-refractivity contribution in [1.82, 2.24) is 0 Å². The molecule has 4 nitrogen and oxygen atoms in total. The zero-order valence-corrected chi connectivity index (χ0v) is 14.3. The molecule has 3 N–H and O–H groups in total. The molecule has 23 heavy (non-hydrogen) atoms. The van der Waals surface area contributed by atoms with Crippen molar-refractivity contribution in [2.24, 2.45) is 5.73 Å². The van der Waals surface area contributed by atoms with Gasteiger partial charge in [0.1, 0.15) is 12.4 Å². The summed E-state index contributed by atoms with van der Waals surface area (Å²) < 4.78 is 5.40. The summed E-state index contributed by atoms with van der Waals surface area (Å²) in [6, 6.07) is 13.4. The second-order valence-corrected chi connectivity index (χ2v) is 5.32. The Balaban J connectivity index is 0.00000264. The van der Waals surface area contributed by atoms with Crippen LogP contribution < -0.4 is 15.8 Å². The number of carbonyl (C=O) groups is 1. The maximum absolute atomic E-state index is 12.1. The summed E-state index contributed by atoms with van der Waals surface area (Å²) in [5.41, 5.74) is 9.49. The van der Waals surface area contributed by atoms with Gasteiger partial charge < -0.3 is 15.8 Å². The number of carbonyl (C=O) groups excluding carboxylic acids is 1. The Bertz CT molecular complexity index is 642. The fourth-order valence-electron chi connectivity index (χ4n) is 2.18. The molecule has 0 saturated heterocycles. The van der Waals surface area contributed by atoms with Gasteiger partial charge in [0.25, 0.3) is 0 Å². The molecule has 0 spiro atoms. The number of ether oxygens (including phenoxy) is 1. The van der Waals surface area contributed by atoms with E-state index < -0.39 is 0 Å². The Kier molecular flexibility index (Phi) is 7.59. The fraction of sp³-hybridized carbons (Fsp3) is 0.278. The van der Waals surface area contributed by atoms with Crippen LogP contribution in [0, 0.1) is 13.8 Å². The van der Waals surface area contributed by atoms with Crippen LogP contribution in [0.15, 0.2) is 42.5 Å². The predicted molar refractivity (Wildman–Crippen MR) is 96.5 cm³/mol. The molecule has 2 rings (SSSR count). The molecule has 0 aliphatic rings. The van der Waals surface area contributed by atoms with Crippen LogP contribution in [0.3, 0.4) is 0 Å². The van der Waals surface area contributed by atoms with E-state index in [4.69, 9.17) is 10.5 Å². The molecule has 0 saturated carbocycles. The normalized spacial score (nSPS) is 9.87. The molecule has 0 radical (unpaired) electrons. The Morgan fingerprint density at radius 3 is 2.48 bits per heavy atom. The van der Waals surface area contributed by atoms with Crippen LogP contribution in [0.1, 0.15) is 16.7 Å². The first-order valence-electron chi connectivity index (χ1n) is 7.37. The second-order valence-electron chi connectivity index (χ2n) is 5.32. The van der Waals surface area contributed by atoms with Crippen molar-refractivity contribution in [3.63, 3.8) is 0 Å². The lowest BCUT2D eigenvalue weighted by Crippen LogP contribution is -2.15. The molecule has 0 bridgehead atoms. The summed E-state index contributed by atoms with van der Waals surface area (Å²) in [5, 5.41) is 2.90. The van der Waals surface area contributed by atoms with Gasteiger partial charge >= 0.3 is 0 Å². The highest BCUT2D eigenvalue weighted by Crippen LogP contribution is 2.17. The van der Waals surface area contributed by atoms with Gasteiger partial charge in [-0.25, -0.2) is 0 Å². The van der Waals surface area contributed by atoms with Crippen LogP contribution in [0.25, 0.3) is 0 Å². The van der Waals surface area contributed by atoms with Crippen molar-refractivity contribution in [1.29, 1.82) is 0 Å². The standard InChI is InChI=1S/C18H22N2O2.ClH/c1-13-3-4-14(2)15(11-13)12-18(21)20-16-5-7-17(8-6-16)22-10-9-19;/h3-8,11H,9-10,12,19H2,1-2H3,(H,20,21);1H. The van der Waals surface area contributed by atoms with Crippen molar-refractivity contribution in [3.05, 3.63) is 59.2 Å². The van der Waals surface area contributed by atoms with E-state index >= 15 is 0 Å². The van der Waals surface area contributed by atoms with Gasteiger partial charge in [-0.2, -0.15) is 0 Å². The molecule has 0 aliphatic heterocycles. The third-order valence-corrected chi connectivity index (χ3v) is 3.38. The van der Waals surface area contributed by atoms with E-state index in [-0.39, 0.29) is 18.3 Å². The van der Waals surface area contributed by atoms with Crippen molar-refractivity contribution in [2.45, 2.75) is 20.3 Å². The largest absolute Gasteiger partial charge is 0.492 e. The van der Waals surface area contributed by atoms with Crippen LogP contribution in [-0.4, -0.2) is 19.1 Å². The number of anilines is 1. The second kappa shape index (κ2) is 9.18. The molecule has 0 aromatic heterocycles. The van der Waals surface area contributed by atoms with Gasteiger partial charge in [0.15, 0.2) is 0 Å². The van der Waals surface area contributed by atoms with E-state index in [1.807, 2.05) is 44.2 Å². The summed E-state index contributed by atoms with van der Waals surface area (Å²) in [4.78, 5) is 12.1. The Labute approximate surface area is 143 Å². The first-order valence-corrected chi connectivity index (χ1v) is 7.37. The average molecular weight is 335 g/mol. The van der Waals surface area contributed by atoms with E-state index in [1.165, 1.54) is 0 Å². The van der Waals surface area contributed by atoms with Crippen molar-refractivity contribution in [3.8, 4) is 5.75 Å². The highest BCUT2D eigenvalue weighted by atomic mass is 35.5. The molecular weight excluding hydrogens is 312 g/mol. The molecule has 0 aliphatic carbocycles. The molecule has 0 atom stereocenters. The Morgan fingerprint density at radius 1 is 1.13 bits per heavy atom. The zero-order valence-electron chi connectivity index (χ0n) is 13.5. The molecule has 124 valence electrons. The fourth-order valence-corrected chi connectivity index (χ4v) is 2.18. The molecule has 0 heterocycles. The average Bonchev–Trinajstić information content (AvgIpc) is 2.50. The minimum absolute atomic E-state index is 0. The molecular formula is C18H23ClN2O2. The quantitative estimate of drug-likeness (QED) is 0.852. The lowest BCUT2D eigenvalue weighted by molar-refractivity contribution is -0.115. The van der Waals surface area contributed by atoms with Crippen LogP contribution in [-0.2, 0) is 11.2 Å². The topological polar surface area (TPSA) is 64.3 Å². The zero-order chi connectivity index (χ0) is 15.9. The summed E-state index contributed by atoms with van der Waals surface area (Å²) >= 11 is 0. The number of aryl methyl sites for hydroxylation is 2. The highest BCUT2D eigenvalue weighted by Gasteiger charge is 2.07. The number of benzene rings is 2. The van der Waals surface area contributed by atoms with Crippen molar-refractivity contribution >= 4 is 24.0 Å². The summed E-state index contributed by atoms with van der Waals surface area (Å²) in [6.07, 6.45) is 0.374. The number of hydrogen-bond acceptors (Lipinski definition) is 3. The van der Waals surface area contributed by atoms with E-state index in [0.29, 0.717) is 19.6 Å². The number of amides is 1. The highest BCUT2D eigenvalue weighted by molar-refractivity contribution is 5.92. The van der Waals surface area contributed by atoms with Crippen molar-refractivity contribution < 1.29 is 9.53 Å². The van der Waals surface area contributed by atoms with Gasteiger partial charge in [0, 0.05) is 12.2 Å². The van der Waals surface area contributed by atoms with Crippen LogP contribution >= 0.6 is 12.4 Å². The smallest absolute Gasteiger partial charge is 0.228 e. The van der Waals surface area contributed by atoms with E-state index in [2.05, 4.69) is 17.4 Å². The maximum Gasteiger partial charge on any atom is 0.228 e. The number of halogens is 1. The van der Waals surface area contributed by atoms with Crippen molar-refractivity contribution in [2.75, 3.05) is 18.5 Å². The van der Waals surface area contributed by atoms with E-state index in [1.54, 1.807) is 0 Å². The summed E-state index contributed by atoms with van der Waals surface area (Å²) in [6.45, 7) is 5.01. The third kappa shape index (κ3) is 5.93. The SMILES string of the molecule is Cc1ccc(C)c(CC(=O)Nc2ccc(OCCN)cc2)c1.Cl. The van der Waals surface area contributed by atoms with Gasteiger partial charge in [-0.3, -0.25) is 4.79 Å². The number of nitrogens with one attached hydrogen (secondary N) is 1. The molecule has 0 fully saturated rings. The Morgan fingerprint density at radius 2 is 1.83 bits per heavy atom. The maximum atomic E-state index is 12.1. The lowest BCUT2D eigenvalue weighted by atomic mass is 10.0. The minimum atomic E-state index is -0.0238. The first-order chi connectivity index (χ1) is 10.6. The van der Waals surface area contributed by atoms with Gasteiger partial charge in [-0.1, -0.05) is 23.8 Å². The summed E-state index contributed by atoms with van der Waals surface area (Å²) in [7, 11) is 0. The van der Waals surface area contributed by atoms with Gasteiger partial charge in [-0.15, -0.1) is 12.4 Å². The lowest BCUT2D eigenvalue weighted by Gasteiger charge is -2.09. The van der Waals surface area contributed by atoms with Gasteiger partial charge in [0.2, 0.25) is 5.91 Å². The number of rotatable bonds is 6. The summed E-state index contributed by atoms with van der Waals surface area (Å²) in [5.74, 6) is 0.724. The van der Waals surface area contributed by atoms with E-state index in [9.17, 15) is 4.79 Å². The molecule has 2 aromatic rings. The predicted octanol–water partition coefficient (Wildman–Crippen LogP) is 3.24. The van der Waals surface area contributed by atoms with Crippen LogP contribution in [0.2, 0.25) is 0 Å². The van der Waals surface area contributed by atoms with E-state index in [0.717, 1.165) is 28.1 Å². The minimum Gasteiger partial charge on any atom is -0.492 e. The molecule has 1 amide bonds. The monoisotopic (exact) mass is 334 g/mol. The Hall–Kier alpha value is -2.04. The third-order valence-electron chi connectivity index (χ3n) is 3.38. The first kappa shape index (κ1) is 19.0. The van der Waals surface area contributed by atoms with Crippen LogP contribution in [0.4, 0.5) is 5.69 Å². The molecule has 2 aromatic carbocycles. The molecule has 5 heteroatoms. The van der Waals surface area contributed by atoms with Crippen LogP contribution in [0.5, 0.6) is 5.75 Å².